The summed E-state index contributed by atoms with van der Waals surface area (Å²) in [5.74, 6) is -4.35. The third-order valence-electron chi connectivity index (χ3n) is 1.71. The Morgan fingerprint density at radius 2 is 2.07 bits per heavy atom. The first-order chi connectivity index (χ1) is 6.70. The third kappa shape index (κ3) is 4.32. The van der Waals surface area contributed by atoms with Crippen LogP contribution in [0.15, 0.2) is 0 Å². The number of carbonyl (C=O) groups is 1. The fourth-order valence-electron chi connectivity index (χ4n) is 0.869. The predicted molar refractivity (Wildman–Crippen MR) is 51.5 cm³/mol. The molecule has 0 aliphatic heterocycles. The Hall–Kier alpha value is -1.05. The number of nitrogens with zero attached hydrogens (tertiary/aromatic N) is 1. The Labute approximate surface area is 90.0 Å². The Bertz CT molecular complexity index is 257. The third-order valence-corrected chi connectivity index (χ3v) is 2.23. The molecule has 1 atom stereocenters. The van der Waals surface area contributed by atoms with Crippen LogP contribution in [-0.2, 0) is 4.79 Å². The highest BCUT2D eigenvalue weighted by Gasteiger charge is 2.45. The summed E-state index contributed by atoms with van der Waals surface area (Å²) in [5.41, 5.74) is 0. The molecule has 8 heteroatoms. The molecular weight excluding hydrogens is 233 g/mol. The number of hydrogen-bond acceptors (Lipinski definition) is 2. The number of aliphatic carboxylic acids is 1. The molecule has 0 aliphatic rings. The van der Waals surface area contributed by atoms with E-state index in [1.54, 1.807) is 0 Å². The summed E-state index contributed by atoms with van der Waals surface area (Å²) in [6.45, 7) is -0.710. The van der Waals surface area contributed by atoms with Crippen molar-refractivity contribution in [2.45, 2.75) is 6.18 Å². The van der Waals surface area contributed by atoms with Crippen molar-refractivity contribution in [2.24, 2.45) is 5.92 Å². The van der Waals surface area contributed by atoms with Crippen molar-refractivity contribution in [1.29, 1.82) is 0 Å². The van der Waals surface area contributed by atoms with Gasteiger partial charge in [-0.05, 0) is 12.2 Å². The predicted octanol–water partition coefficient (Wildman–Crippen LogP) is 0.686. The molecule has 2 N–H and O–H groups in total. The molecule has 0 aromatic rings. The van der Waals surface area contributed by atoms with E-state index in [2.05, 4.69) is 17.5 Å². The molecule has 0 saturated heterocycles. The molecule has 4 nitrogen and oxygen atoms in total. The number of halogens is 3. The van der Waals surface area contributed by atoms with Crippen LogP contribution in [0.4, 0.5) is 13.2 Å². The molecule has 0 fully saturated rings. The molecule has 0 rings (SSSR count). The zero-order valence-electron chi connectivity index (χ0n) is 8.13. The lowest BCUT2D eigenvalue weighted by Crippen LogP contribution is -2.44. The maximum Gasteiger partial charge on any atom is 0.403 e. The van der Waals surface area contributed by atoms with Crippen molar-refractivity contribution in [3.05, 3.63) is 0 Å². The van der Waals surface area contributed by atoms with Crippen molar-refractivity contribution in [3.8, 4) is 0 Å². The summed E-state index contributed by atoms with van der Waals surface area (Å²) >= 11 is 4.66. The highest BCUT2D eigenvalue weighted by molar-refractivity contribution is 7.80. The van der Waals surface area contributed by atoms with E-state index < -0.39 is 24.6 Å². The Morgan fingerprint density at radius 1 is 1.60 bits per heavy atom. The Kier molecular flexibility index (Phi) is 4.79. The first-order valence-electron chi connectivity index (χ1n) is 3.92. The minimum Gasteiger partial charge on any atom is -0.481 e. The second-order valence-corrected chi connectivity index (χ2v) is 3.25. The smallest absolute Gasteiger partial charge is 0.403 e. The molecular formula is C7H11F3N2O2S. The van der Waals surface area contributed by atoms with E-state index in [-0.39, 0.29) is 5.11 Å². The molecule has 0 aromatic heterocycles. The van der Waals surface area contributed by atoms with Crippen molar-refractivity contribution in [1.82, 2.24) is 10.2 Å². The maximum atomic E-state index is 12.2. The molecule has 0 aromatic carbocycles. The van der Waals surface area contributed by atoms with E-state index in [4.69, 9.17) is 5.11 Å². The monoisotopic (exact) mass is 244 g/mol. The van der Waals surface area contributed by atoms with Crippen LogP contribution in [0.3, 0.4) is 0 Å². The van der Waals surface area contributed by atoms with Gasteiger partial charge in [-0.25, -0.2) is 0 Å². The SMILES string of the molecule is CNC(=S)N(C)CC(C(=O)O)C(F)(F)F. The molecule has 0 aliphatic carbocycles. The molecule has 0 saturated carbocycles. The quantitative estimate of drug-likeness (QED) is 0.715. The zero-order valence-corrected chi connectivity index (χ0v) is 8.95. The normalized spacial score (nSPS) is 13.1. The fraction of sp³-hybridized carbons (Fsp3) is 0.714. The number of hydrogen-bond donors (Lipinski definition) is 2. The van der Waals surface area contributed by atoms with E-state index in [1.165, 1.54) is 14.1 Å². The summed E-state index contributed by atoms with van der Waals surface area (Å²) < 4.78 is 36.7. The van der Waals surface area contributed by atoms with E-state index in [0.29, 0.717) is 0 Å². The maximum absolute atomic E-state index is 12.2. The van der Waals surface area contributed by atoms with E-state index in [0.717, 1.165) is 4.90 Å². The number of nitrogens with one attached hydrogen (secondary N) is 1. The molecule has 0 amide bonds. The molecule has 0 heterocycles. The van der Waals surface area contributed by atoms with Gasteiger partial charge in [-0.1, -0.05) is 0 Å². The van der Waals surface area contributed by atoms with Gasteiger partial charge in [-0.15, -0.1) is 0 Å². The van der Waals surface area contributed by atoms with Gasteiger partial charge in [0.25, 0.3) is 0 Å². The number of rotatable bonds is 3. The minimum absolute atomic E-state index is 0.0606. The number of thiocarbonyl (C=S) groups is 1. The van der Waals surface area contributed by atoms with Crippen LogP contribution in [0.5, 0.6) is 0 Å². The fourth-order valence-corrected chi connectivity index (χ4v) is 0.944. The van der Waals surface area contributed by atoms with Gasteiger partial charge in [0.15, 0.2) is 11.0 Å². The first kappa shape index (κ1) is 13.9. The van der Waals surface area contributed by atoms with Gasteiger partial charge in [0.05, 0.1) is 0 Å². The largest absolute Gasteiger partial charge is 0.481 e. The standard InChI is InChI=1S/C7H11F3N2O2S/c1-11-6(15)12(2)3-4(5(13)14)7(8,9)10/h4H,3H2,1-2H3,(H,11,15)(H,13,14). The van der Waals surface area contributed by atoms with Crippen molar-refractivity contribution >= 4 is 23.3 Å². The Balaban J connectivity index is 4.57. The zero-order chi connectivity index (χ0) is 12.2. The van der Waals surface area contributed by atoms with E-state index in [1.807, 2.05) is 0 Å². The molecule has 15 heavy (non-hydrogen) atoms. The van der Waals surface area contributed by atoms with Crippen molar-refractivity contribution in [3.63, 3.8) is 0 Å². The summed E-state index contributed by atoms with van der Waals surface area (Å²) in [5, 5.41) is 10.9. The van der Waals surface area contributed by atoms with Crippen LogP contribution >= 0.6 is 12.2 Å². The topological polar surface area (TPSA) is 52.6 Å². The molecule has 1 unspecified atom stereocenters. The molecule has 0 spiro atoms. The van der Waals surface area contributed by atoms with Crippen molar-refractivity contribution < 1.29 is 23.1 Å². The van der Waals surface area contributed by atoms with E-state index >= 15 is 0 Å². The summed E-state index contributed by atoms with van der Waals surface area (Å²) in [6, 6.07) is 0. The van der Waals surface area contributed by atoms with Crippen LogP contribution in [0.25, 0.3) is 0 Å². The highest BCUT2D eigenvalue weighted by Crippen LogP contribution is 2.26. The van der Waals surface area contributed by atoms with Gasteiger partial charge in [0, 0.05) is 20.6 Å². The molecule has 88 valence electrons. The number of alkyl halides is 3. The highest BCUT2D eigenvalue weighted by atomic mass is 32.1. The first-order valence-corrected chi connectivity index (χ1v) is 4.33. The Morgan fingerprint density at radius 3 is 2.33 bits per heavy atom. The van der Waals surface area contributed by atoms with Crippen molar-refractivity contribution in [2.75, 3.05) is 20.6 Å². The van der Waals surface area contributed by atoms with E-state index in [9.17, 15) is 18.0 Å². The summed E-state index contributed by atoms with van der Waals surface area (Å²) in [4.78, 5) is 11.4. The van der Waals surface area contributed by atoms with Gasteiger partial charge >= 0.3 is 12.1 Å². The summed E-state index contributed by atoms with van der Waals surface area (Å²) in [6.07, 6.45) is -4.77. The summed E-state index contributed by atoms with van der Waals surface area (Å²) in [7, 11) is 2.74. The number of carboxylic acids is 1. The second-order valence-electron chi connectivity index (χ2n) is 2.87. The average Bonchev–Trinajstić information content (AvgIpc) is 2.09. The average molecular weight is 244 g/mol. The van der Waals surface area contributed by atoms with Crippen LogP contribution in [0, 0.1) is 5.92 Å². The lowest BCUT2D eigenvalue weighted by molar-refractivity contribution is -0.194. The van der Waals surface area contributed by atoms with Gasteiger partial charge in [-0.3, -0.25) is 4.79 Å². The van der Waals surface area contributed by atoms with Crippen LogP contribution in [0.1, 0.15) is 0 Å². The van der Waals surface area contributed by atoms with Gasteiger partial charge < -0.3 is 15.3 Å². The van der Waals surface area contributed by atoms with Crippen LogP contribution in [0.2, 0.25) is 0 Å². The molecule has 0 bridgehead atoms. The van der Waals surface area contributed by atoms with Gasteiger partial charge in [0.2, 0.25) is 0 Å². The number of carboxylic acid groups (broad SMARTS) is 1. The van der Waals surface area contributed by atoms with Gasteiger partial charge in [0.1, 0.15) is 0 Å². The van der Waals surface area contributed by atoms with Crippen LogP contribution < -0.4 is 5.32 Å². The van der Waals surface area contributed by atoms with Gasteiger partial charge in [-0.2, -0.15) is 13.2 Å². The minimum atomic E-state index is -4.77. The lowest BCUT2D eigenvalue weighted by Gasteiger charge is -2.24. The second kappa shape index (κ2) is 5.15. The van der Waals surface area contributed by atoms with Crippen LogP contribution in [-0.4, -0.2) is 47.9 Å². The lowest BCUT2D eigenvalue weighted by atomic mass is 10.1. The molecule has 0 radical (unpaired) electrons.